The van der Waals surface area contributed by atoms with Gasteiger partial charge < -0.3 is 5.32 Å². The first-order valence-electron chi connectivity index (χ1n) is 8.45. The first-order valence-corrected chi connectivity index (χ1v) is 8.83. The van der Waals surface area contributed by atoms with E-state index in [9.17, 15) is 4.79 Å². The van der Waals surface area contributed by atoms with Gasteiger partial charge in [-0.25, -0.2) is 4.99 Å². The van der Waals surface area contributed by atoms with Crippen LogP contribution in [0, 0.1) is 5.92 Å². The van der Waals surface area contributed by atoms with Gasteiger partial charge in [0.2, 0.25) is 0 Å². The molecule has 1 aromatic carbocycles. The van der Waals surface area contributed by atoms with E-state index in [1.54, 1.807) is 0 Å². The number of halogens is 1. The van der Waals surface area contributed by atoms with Crippen LogP contribution in [0.4, 0.5) is 0 Å². The van der Waals surface area contributed by atoms with Crippen molar-refractivity contribution in [3.05, 3.63) is 69.4 Å². The summed E-state index contributed by atoms with van der Waals surface area (Å²) in [4.78, 5) is 20.1. The van der Waals surface area contributed by atoms with Crippen LogP contribution in [0.1, 0.15) is 29.3 Å². The summed E-state index contributed by atoms with van der Waals surface area (Å²) >= 11 is 6.49. The molecule has 0 fully saturated rings. The third-order valence-electron chi connectivity index (χ3n) is 4.80. The predicted octanol–water partition coefficient (Wildman–Crippen LogP) is 3.46. The molecular formula is C20H20ClN3O. The largest absolute Gasteiger partial charge is 0.349 e. The minimum atomic E-state index is -0.191. The van der Waals surface area contributed by atoms with E-state index in [4.69, 9.17) is 16.6 Å². The summed E-state index contributed by atoms with van der Waals surface area (Å²) in [7, 11) is 3.92. The highest BCUT2D eigenvalue weighted by molar-refractivity contribution is 6.36. The van der Waals surface area contributed by atoms with E-state index >= 15 is 0 Å². The Morgan fingerprint density at radius 2 is 1.96 bits per heavy atom. The first-order chi connectivity index (χ1) is 12.0. The number of benzene rings is 1. The number of Topliss-reactive ketones (excluding diaryl/α,β-unsaturated/α-hetero) is 1. The molecule has 2 aliphatic carbocycles. The lowest BCUT2D eigenvalue weighted by Crippen LogP contribution is -2.37. The van der Waals surface area contributed by atoms with Gasteiger partial charge in [0.25, 0.3) is 0 Å². The van der Waals surface area contributed by atoms with Gasteiger partial charge >= 0.3 is 0 Å². The van der Waals surface area contributed by atoms with Gasteiger partial charge in [0.15, 0.2) is 12.1 Å². The summed E-state index contributed by atoms with van der Waals surface area (Å²) < 4.78 is 0. The Hall–Kier alpha value is -2.17. The topological polar surface area (TPSA) is 44.7 Å². The van der Waals surface area contributed by atoms with Gasteiger partial charge in [-0.2, -0.15) is 0 Å². The van der Waals surface area contributed by atoms with Crippen LogP contribution in [0.25, 0.3) is 0 Å². The lowest BCUT2D eigenvalue weighted by molar-refractivity contribution is 0.103. The number of hydrogen-bond acceptors (Lipinski definition) is 4. The molecule has 0 amide bonds. The second-order valence-corrected chi connectivity index (χ2v) is 7.34. The number of ketones is 1. The number of hydrogen-bond donors (Lipinski definition) is 1. The van der Waals surface area contributed by atoms with Crippen molar-refractivity contribution in [3.8, 4) is 0 Å². The van der Waals surface area contributed by atoms with E-state index < -0.39 is 0 Å². The van der Waals surface area contributed by atoms with Crippen molar-refractivity contribution >= 4 is 23.1 Å². The van der Waals surface area contributed by atoms with Crippen LogP contribution in [0.2, 0.25) is 0 Å². The van der Waals surface area contributed by atoms with Gasteiger partial charge in [-0.05, 0) is 26.4 Å². The Morgan fingerprint density at radius 3 is 2.68 bits per heavy atom. The maximum atomic E-state index is 13.3. The second kappa shape index (κ2) is 5.97. The molecule has 1 aromatic rings. The number of nitrogens with zero attached hydrogens (tertiary/aromatic N) is 2. The van der Waals surface area contributed by atoms with Crippen LogP contribution < -0.4 is 5.32 Å². The Bertz CT molecular complexity index is 892. The van der Waals surface area contributed by atoms with Gasteiger partial charge in [-0.15, -0.1) is 0 Å². The SMILES string of the molecule is C[C@@H]1C=C(C2=C3NC(N(C)C)N=C3c3ccccc3C2=O)C(Cl)=CC1. The molecule has 1 N–H and O–H groups in total. The molecule has 1 heterocycles. The second-order valence-electron chi connectivity index (χ2n) is 6.93. The fraction of sp³-hybridized carbons (Fsp3) is 0.300. The van der Waals surface area contributed by atoms with E-state index in [0.717, 1.165) is 29.0 Å². The van der Waals surface area contributed by atoms with Crippen molar-refractivity contribution in [3.63, 3.8) is 0 Å². The molecule has 4 nitrogen and oxygen atoms in total. The molecule has 0 saturated heterocycles. The number of carbonyl (C=O) groups excluding carboxylic acids is 1. The minimum absolute atomic E-state index is 0.00311. The monoisotopic (exact) mass is 353 g/mol. The first kappa shape index (κ1) is 16.3. The molecule has 4 rings (SSSR count). The lowest BCUT2D eigenvalue weighted by atomic mass is 9.81. The van der Waals surface area contributed by atoms with Crippen molar-refractivity contribution in [2.45, 2.75) is 19.6 Å². The minimum Gasteiger partial charge on any atom is -0.349 e. The van der Waals surface area contributed by atoms with Gasteiger partial charge in [-0.3, -0.25) is 9.69 Å². The molecule has 128 valence electrons. The Labute approximate surface area is 152 Å². The molecule has 1 aliphatic heterocycles. The Morgan fingerprint density at radius 1 is 1.24 bits per heavy atom. The van der Waals surface area contributed by atoms with E-state index in [2.05, 4.69) is 18.3 Å². The zero-order chi connectivity index (χ0) is 17.7. The maximum absolute atomic E-state index is 13.3. The summed E-state index contributed by atoms with van der Waals surface area (Å²) in [5.74, 6) is 0.352. The molecular weight excluding hydrogens is 334 g/mol. The van der Waals surface area contributed by atoms with E-state index in [1.165, 1.54) is 0 Å². The molecule has 0 spiro atoms. The van der Waals surface area contributed by atoms with Crippen molar-refractivity contribution in [2.24, 2.45) is 10.9 Å². The van der Waals surface area contributed by atoms with E-state index in [1.807, 2.05) is 49.3 Å². The average molecular weight is 354 g/mol. The van der Waals surface area contributed by atoms with E-state index in [0.29, 0.717) is 22.1 Å². The predicted molar refractivity (Wildman–Crippen MR) is 101 cm³/mol. The van der Waals surface area contributed by atoms with Crippen LogP contribution >= 0.6 is 11.6 Å². The molecule has 2 atom stereocenters. The lowest BCUT2D eigenvalue weighted by Gasteiger charge is -2.25. The quantitative estimate of drug-likeness (QED) is 0.885. The third-order valence-corrected chi connectivity index (χ3v) is 5.16. The number of rotatable bonds is 2. The summed E-state index contributed by atoms with van der Waals surface area (Å²) in [6, 6.07) is 7.65. The molecule has 5 heteroatoms. The molecule has 1 unspecified atom stereocenters. The standard InChI is InChI=1S/C20H20ClN3O/c1-11-8-9-15(21)14(10-11)16-18-17(22-20(23-18)24(2)3)12-6-4-5-7-13(12)19(16)25/h4-7,9-11,20,23H,8H2,1-3H3/t11-,20?/m0/s1. The van der Waals surface area contributed by atoms with Crippen molar-refractivity contribution < 1.29 is 4.79 Å². The van der Waals surface area contributed by atoms with Crippen LogP contribution in [0.5, 0.6) is 0 Å². The van der Waals surface area contributed by atoms with Crippen LogP contribution in [-0.2, 0) is 0 Å². The van der Waals surface area contributed by atoms with Crippen LogP contribution in [0.15, 0.2) is 63.3 Å². The molecule has 0 saturated carbocycles. The number of nitrogens with one attached hydrogen (secondary N) is 1. The fourth-order valence-corrected chi connectivity index (χ4v) is 3.73. The van der Waals surface area contributed by atoms with Gasteiger partial charge in [0, 0.05) is 21.7 Å². The van der Waals surface area contributed by atoms with Gasteiger partial charge in [0.1, 0.15) is 0 Å². The smallest absolute Gasteiger partial charge is 0.196 e. The molecule has 0 radical (unpaired) electrons. The third kappa shape index (κ3) is 2.57. The maximum Gasteiger partial charge on any atom is 0.196 e. The van der Waals surface area contributed by atoms with Gasteiger partial charge in [0.05, 0.1) is 17.0 Å². The van der Waals surface area contributed by atoms with Crippen molar-refractivity contribution in [1.29, 1.82) is 0 Å². The van der Waals surface area contributed by atoms with E-state index in [-0.39, 0.29) is 12.1 Å². The molecule has 0 bridgehead atoms. The van der Waals surface area contributed by atoms with Crippen molar-refractivity contribution in [1.82, 2.24) is 10.2 Å². The number of aliphatic imine (C=N–C) groups is 1. The van der Waals surface area contributed by atoms with Gasteiger partial charge in [-0.1, -0.05) is 54.9 Å². The summed E-state index contributed by atoms with van der Waals surface area (Å²) in [6.07, 6.45) is 4.80. The number of allylic oxidation sites excluding steroid dienone is 6. The van der Waals surface area contributed by atoms with Crippen molar-refractivity contribution in [2.75, 3.05) is 14.1 Å². The highest BCUT2D eigenvalue weighted by Gasteiger charge is 2.38. The zero-order valence-electron chi connectivity index (χ0n) is 14.5. The summed E-state index contributed by atoms with van der Waals surface area (Å²) in [5.41, 5.74) is 4.64. The average Bonchev–Trinajstić information content (AvgIpc) is 3.03. The fourth-order valence-electron chi connectivity index (χ4n) is 3.48. The zero-order valence-corrected chi connectivity index (χ0v) is 15.3. The number of fused-ring (bicyclic) bond motifs is 3. The number of carbonyl (C=O) groups is 1. The Balaban J connectivity index is 1.95. The highest BCUT2D eigenvalue weighted by atomic mass is 35.5. The Kier molecular flexibility index (Phi) is 3.89. The highest BCUT2D eigenvalue weighted by Crippen LogP contribution is 2.38. The summed E-state index contributed by atoms with van der Waals surface area (Å²) in [5, 5.41) is 4.04. The van der Waals surface area contributed by atoms with Crippen LogP contribution in [0.3, 0.4) is 0 Å². The molecule has 25 heavy (non-hydrogen) atoms. The molecule has 0 aromatic heterocycles. The molecule has 3 aliphatic rings. The van der Waals surface area contributed by atoms with Crippen LogP contribution in [-0.4, -0.2) is 36.8 Å². The summed E-state index contributed by atoms with van der Waals surface area (Å²) in [6.45, 7) is 2.13. The normalized spacial score (nSPS) is 25.2.